The first-order chi connectivity index (χ1) is 15.5. The molecule has 32 heavy (non-hydrogen) atoms. The van der Waals surface area contributed by atoms with Gasteiger partial charge < -0.3 is 20.4 Å². The van der Waals surface area contributed by atoms with Crippen molar-refractivity contribution in [2.24, 2.45) is 0 Å². The van der Waals surface area contributed by atoms with Gasteiger partial charge in [0.1, 0.15) is 17.6 Å². The first-order valence-electron chi connectivity index (χ1n) is 10.5. The number of H-pyrrole nitrogens is 1. The lowest BCUT2D eigenvalue weighted by molar-refractivity contribution is -0.131. The zero-order valence-electron chi connectivity index (χ0n) is 17.8. The Morgan fingerprint density at radius 2 is 1.94 bits per heavy atom. The number of fused-ring (bicyclic) bond motifs is 1. The number of urea groups is 1. The number of carbonyl (C=O) groups is 3. The van der Waals surface area contributed by atoms with Crippen LogP contribution in [-0.2, 0) is 22.6 Å². The van der Waals surface area contributed by atoms with Gasteiger partial charge in [-0.2, -0.15) is 0 Å². The lowest BCUT2D eigenvalue weighted by atomic mass is 10.1. The summed E-state index contributed by atoms with van der Waals surface area (Å²) in [6, 6.07) is 13.6. The van der Waals surface area contributed by atoms with Crippen LogP contribution >= 0.6 is 0 Å². The summed E-state index contributed by atoms with van der Waals surface area (Å²) in [5, 5.41) is 5.40. The van der Waals surface area contributed by atoms with Gasteiger partial charge in [-0.05, 0) is 24.6 Å². The number of imide groups is 1. The number of benzene rings is 2. The molecule has 1 atom stereocenters. The Labute approximate surface area is 185 Å². The van der Waals surface area contributed by atoms with E-state index in [1.165, 1.54) is 7.11 Å². The van der Waals surface area contributed by atoms with Gasteiger partial charge in [0.25, 0.3) is 5.91 Å². The Balaban J connectivity index is 1.24. The van der Waals surface area contributed by atoms with Crippen molar-refractivity contribution in [2.45, 2.75) is 31.8 Å². The molecule has 3 aromatic rings. The molecule has 0 bridgehead atoms. The highest BCUT2D eigenvalue weighted by Crippen LogP contribution is 2.21. The van der Waals surface area contributed by atoms with Crippen LogP contribution in [0.5, 0.6) is 5.75 Å². The third-order valence-corrected chi connectivity index (χ3v) is 5.37. The minimum atomic E-state index is -0.868. The van der Waals surface area contributed by atoms with Gasteiger partial charge in [0, 0.05) is 18.5 Å². The van der Waals surface area contributed by atoms with Gasteiger partial charge in [-0.25, -0.2) is 9.78 Å². The van der Waals surface area contributed by atoms with Crippen LogP contribution in [0.3, 0.4) is 0 Å². The van der Waals surface area contributed by atoms with Crippen LogP contribution in [-0.4, -0.2) is 52.4 Å². The van der Waals surface area contributed by atoms with Gasteiger partial charge in [-0.3, -0.25) is 14.5 Å². The maximum Gasteiger partial charge on any atom is 0.325 e. The van der Waals surface area contributed by atoms with Crippen molar-refractivity contribution in [1.82, 2.24) is 25.5 Å². The molecule has 0 spiro atoms. The number of para-hydroxylation sites is 3. The van der Waals surface area contributed by atoms with Gasteiger partial charge in [0.2, 0.25) is 5.91 Å². The van der Waals surface area contributed by atoms with E-state index in [0.717, 1.165) is 21.8 Å². The van der Waals surface area contributed by atoms with Crippen molar-refractivity contribution in [3.05, 3.63) is 59.9 Å². The fraction of sp³-hybridized carbons (Fsp3) is 0.304. The highest BCUT2D eigenvalue weighted by molar-refractivity contribution is 6.05. The van der Waals surface area contributed by atoms with Crippen molar-refractivity contribution in [1.29, 1.82) is 0 Å². The van der Waals surface area contributed by atoms with Crippen molar-refractivity contribution in [3.63, 3.8) is 0 Å². The summed E-state index contributed by atoms with van der Waals surface area (Å²) in [4.78, 5) is 46.1. The fourth-order valence-electron chi connectivity index (χ4n) is 3.73. The van der Waals surface area contributed by atoms with E-state index in [-0.39, 0.29) is 18.9 Å². The van der Waals surface area contributed by atoms with Crippen LogP contribution < -0.4 is 15.4 Å². The summed E-state index contributed by atoms with van der Waals surface area (Å²) in [5.41, 5.74) is 2.62. The maximum absolute atomic E-state index is 12.7. The summed E-state index contributed by atoms with van der Waals surface area (Å²) in [7, 11) is 1.53. The highest BCUT2D eigenvalue weighted by Gasteiger charge is 2.39. The maximum atomic E-state index is 12.7. The molecule has 0 aliphatic carbocycles. The zero-order valence-corrected chi connectivity index (χ0v) is 17.8. The van der Waals surface area contributed by atoms with E-state index < -0.39 is 18.0 Å². The van der Waals surface area contributed by atoms with Gasteiger partial charge in [0.15, 0.2) is 0 Å². The Hall–Kier alpha value is -3.88. The molecular weight excluding hydrogens is 410 g/mol. The van der Waals surface area contributed by atoms with Gasteiger partial charge >= 0.3 is 6.03 Å². The van der Waals surface area contributed by atoms with Crippen molar-refractivity contribution in [3.8, 4) is 5.75 Å². The standard InChI is InChI=1S/C23H25N5O4/c1-32-19-10-5-2-7-15(19)14-28-22(30)18(27-23(28)31)13-21(29)24-12-6-11-20-25-16-8-3-4-9-17(16)26-20/h2-5,7-10,18H,6,11-14H2,1H3,(H,24,29)(H,25,26)(H,27,31)/t18-/m1/s1. The number of hydrogen-bond donors (Lipinski definition) is 3. The number of aryl methyl sites for hydroxylation is 1. The number of aromatic amines is 1. The molecule has 1 saturated heterocycles. The summed E-state index contributed by atoms with van der Waals surface area (Å²) in [6.07, 6.45) is 1.30. The van der Waals surface area contributed by atoms with Gasteiger partial charge in [-0.15, -0.1) is 0 Å². The monoisotopic (exact) mass is 435 g/mol. The third kappa shape index (κ3) is 4.72. The minimum absolute atomic E-state index is 0.0876. The molecule has 2 aromatic carbocycles. The van der Waals surface area contributed by atoms with Crippen molar-refractivity contribution >= 4 is 28.9 Å². The molecule has 4 amide bonds. The first-order valence-corrected chi connectivity index (χ1v) is 10.5. The Morgan fingerprint density at radius 1 is 1.16 bits per heavy atom. The summed E-state index contributed by atoms with van der Waals surface area (Å²) in [6.45, 7) is 0.542. The van der Waals surface area contributed by atoms with Crippen LogP contribution in [0.2, 0.25) is 0 Å². The van der Waals surface area contributed by atoms with E-state index >= 15 is 0 Å². The topological polar surface area (TPSA) is 116 Å². The van der Waals surface area contributed by atoms with E-state index in [1.807, 2.05) is 36.4 Å². The number of hydrogen-bond acceptors (Lipinski definition) is 5. The van der Waals surface area contributed by atoms with Crippen molar-refractivity contribution in [2.75, 3.05) is 13.7 Å². The van der Waals surface area contributed by atoms with Gasteiger partial charge in [-0.1, -0.05) is 30.3 Å². The molecular formula is C23H25N5O4. The number of imidazole rings is 1. The largest absolute Gasteiger partial charge is 0.496 e. The number of rotatable bonds is 9. The SMILES string of the molecule is COc1ccccc1CN1C(=O)N[C@H](CC(=O)NCCCc2nc3ccccc3[nH]2)C1=O. The van der Waals surface area contributed by atoms with Gasteiger partial charge in [0.05, 0.1) is 31.1 Å². The molecule has 4 rings (SSSR count). The molecule has 9 nitrogen and oxygen atoms in total. The third-order valence-electron chi connectivity index (χ3n) is 5.37. The number of carbonyl (C=O) groups excluding carboxylic acids is 3. The molecule has 1 aromatic heterocycles. The molecule has 0 radical (unpaired) electrons. The first kappa shape index (κ1) is 21.4. The van der Waals surface area contributed by atoms with Crippen LogP contribution in [0.15, 0.2) is 48.5 Å². The number of aromatic nitrogens is 2. The van der Waals surface area contributed by atoms with Crippen molar-refractivity contribution < 1.29 is 19.1 Å². The summed E-state index contributed by atoms with van der Waals surface area (Å²) < 4.78 is 5.28. The predicted octanol–water partition coefficient (Wildman–Crippen LogP) is 2.13. The minimum Gasteiger partial charge on any atom is -0.496 e. The second-order valence-electron chi connectivity index (χ2n) is 7.60. The predicted molar refractivity (Wildman–Crippen MR) is 118 cm³/mol. The smallest absolute Gasteiger partial charge is 0.325 e. The number of methoxy groups -OCH3 is 1. The molecule has 3 N–H and O–H groups in total. The fourth-order valence-corrected chi connectivity index (χ4v) is 3.73. The molecule has 0 saturated carbocycles. The van der Waals surface area contributed by atoms with Crippen LogP contribution in [0.4, 0.5) is 4.79 Å². The average molecular weight is 435 g/mol. The molecule has 0 unspecified atom stereocenters. The molecule has 1 aliphatic heterocycles. The number of ether oxygens (including phenoxy) is 1. The van der Waals surface area contributed by atoms with Crippen LogP contribution in [0.1, 0.15) is 24.2 Å². The summed E-state index contributed by atoms with van der Waals surface area (Å²) >= 11 is 0. The Kier molecular flexibility index (Phi) is 6.34. The number of nitrogens with one attached hydrogen (secondary N) is 3. The molecule has 2 heterocycles. The number of amides is 4. The second-order valence-corrected chi connectivity index (χ2v) is 7.60. The normalized spacial score (nSPS) is 15.8. The Bertz CT molecular complexity index is 1110. The quantitative estimate of drug-likeness (QED) is 0.352. The highest BCUT2D eigenvalue weighted by atomic mass is 16.5. The van der Waals surface area contributed by atoms with E-state index in [0.29, 0.717) is 30.7 Å². The van der Waals surface area contributed by atoms with Crippen LogP contribution in [0, 0.1) is 0 Å². The van der Waals surface area contributed by atoms with E-state index in [2.05, 4.69) is 20.6 Å². The molecule has 166 valence electrons. The summed E-state index contributed by atoms with van der Waals surface area (Å²) in [5.74, 6) is 0.759. The van der Waals surface area contributed by atoms with E-state index in [9.17, 15) is 14.4 Å². The van der Waals surface area contributed by atoms with E-state index in [1.54, 1.807) is 12.1 Å². The van der Waals surface area contributed by atoms with Crippen LogP contribution in [0.25, 0.3) is 11.0 Å². The molecule has 1 aliphatic rings. The number of nitrogens with zero attached hydrogens (tertiary/aromatic N) is 2. The lowest BCUT2D eigenvalue weighted by Crippen LogP contribution is -2.36. The lowest BCUT2D eigenvalue weighted by Gasteiger charge is -2.15. The Morgan fingerprint density at radius 3 is 2.75 bits per heavy atom. The second kappa shape index (κ2) is 9.51. The van der Waals surface area contributed by atoms with E-state index in [4.69, 9.17) is 4.74 Å². The average Bonchev–Trinajstić information content (AvgIpc) is 3.33. The molecule has 9 heteroatoms. The zero-order chi connectivity index (χ0) is 22.5. The molecule has 1 fully saturated rings.